The van der Waals surface area contributed by atoms with Gasteiger partial charge in [-0.25, -0.2) is 8.42 Å². The van der Waals surface area contributed by atoms with Crippen molar-refractivity contribution < 1.29 is 13.2 Å². The summed E-state index contributed by atoms with van der Waals surface area (Å²) in [5.41, 5.74) is 1.06. The van der Waals surface area contributed by atoms with Gasteiger partial charge in [0.1, 0.15) is 4.90 Å². The highest BCUT2D eigenvalue weighted by Gasteiger charge is 2.32. The van der Waals surface area contributed by atoms with Gasteiger partial charge in [-0.2, -0.15) is 9.40 Å². The molecule has 20 heavy (non-hydrogen) atoms. The topological polar surface area (TPSA) is 87.3 Å². The Labute approximate surface area is 120 Å². The second-order valence-corrected chi connectivity index (χ2v) is 6.49. The molecule has 0 aliphatic rings. The molecule has 0 bridgehead atoms. The van der Waals surface area contributed by atoms with E-state index < -0.39 is 10.0 Å². The van der Waals surface area contributed by atoms with E-state index in [1.807, 2.05) is 13.8 Å². The number of aromatic nitrogens is 2. The summed E-state index contributed by atoms with van der Waals surface area (Å²) in [6.45, 7) is 6.50. The lowest BCUT2D eigenvalue weighted by Gasteiger charge is -2.26. The van der Waals surface area contributed by atoms with Gasteiger partial charge in [0.2, 0.25) is 10.0 Å². The number of rotatable bonds is 8. The van der Waals surface area contributed by atoms with Crippen LogP contribution in [0.4, 0.5) is 0 Å². The summed E-state index contributed by atoms with van der Waals surface area (Å²) in [7, 11) is -0.276. The Morgan fingerprint density at radius 1 is 1.50 bits per heavy atom. The van der Waals surface area contributed by atoms with Gasteiger partial charge in [-0.05, 0) is 20.9 Å². The summed E-state index contributed by atoms with van der Waals surface area (Å²) in [4.78, 5) is 0.261. The van der Waals surface area contributed by atoms with Gasteiger partial charge in [-0.15, -0.1) is 0 Å². The van der Waals surface area contributed by atoms with Crippen LogP contribution in [0, 0.1) is 6.92 Å². The lowest BCUT2D eigenvalue weighted by Crippen LogP contribution is -2.41. The van der Waals surface area contributed by atoms with Gasteiger partial charge in [0.05, 0.1) is 18.0 Å². The average Bonchev–Trinajstić information content (AvgIpc) is 2.72. The van der Waals surface area contributed by atoms with Crippen LogP contribution >= 0.6 is 0 Å². The van der Waals surface area contributed by atoms with Crippen LogP contribution in [-0.4, -0.2) is 56.3 Å². The molecule has 0 radical (unpaired) electrons. The van der Waals surface area contributed by atoms with Crippen LogP contribution in [0.25, 0.3) is 0 Å². The normalized spacial score (nSPS) is 13.9. The molecule has 1 heterocycles. The first-order valence-corrected chi connectivity index (χ1v) is 8.03. The number of aromatic amines is 1. The quantitative estimate of drug-likeness (QED) is 0.729. The molecular formula is C12H24N4O3S. The summed E-state index contributed by atoms with van der Waals surface area (Å²) >= 11 is 0. The van der Waals surface area contributed by atoms with Gasteiger partial charge < -0.3 is 10.1 Å². The summed E-state index contributed by atoms with van der Waals surface area (Å²) in [5.74, 6) is 0. The van der Waals surface area contributed by atoms with Crippen molar-refractivity contribution in [2.45, 2.75) is 38.3 Å². The van der Waals surface area contributed by atoms with Crippen LogP contribution in [0.2, 0.25) is 0 Å². The Morgan fingerprint density at radius 3 is 2.65 bits per heavy atom. The van der Waals surface area contributed by atoms with Gasteiger partial charge in [0.25, 0.3) is 0 Å². The third-order valence-electron chi connectivity index (χ3n) is 3.08. The number of aryl methyl sites for hydroxylation is 1. The average molecular weight is 304 g/mol. The number of likely N-dealkylation sites (N-methyl/N-ethyl adjacent to an activating group) is 1. The molecule has 0 aliphatic carbocycles. The standard InChI is InChI=1S/C12H24N4O3S/c1-6-16(9(2)8-19-5)20(17,18)12-10(3)14-15-11(12)7-13-4/h9,13H,6-8H2,1-5H3,(H,14,15). The lowest BCUT2D eigenvalue weighted by atomic mass is 10.3. The molecule has 0 aliphatic heterocycles. The molecule has 8 heteroatoms. The number of hydrogen-bond acceptors (Lipinski definition) is 5. The van der Waals surface area contributed by atoms with Crippen LogP contribution in [-0.2, 0) is 21.3 Å². The minimum atomic E-state index is -3.59. The second kappa shape index (κ2) is 7.16. The third-order valence-corrected chi connectivity index (χ3v) is 5.38. The first-order valence-electron chi connectivity index (χ1n) is 6.59. The molecule has 0 saturated heterocycles. The molecule has 1 unspecified atom stereocenters. The van der Waals surface area contributed by atoms with Crippen LogP contribution in [0.3, 0.4) is 0 Å². The zero-order valence-corrected chi connectivity index (χ0v) is 13.5. The number of ether oxygens (including phenoxy) is 1. The highest BCUT2D eigenvalue weighted by atomic mass is 32.2. The van der Waals surface area contributed by atoms with Crippen molar-refractivity contribution in [2.24, 2.45) is 0 Å². The number of H-pyrrole nitrogens is 1. The van der Waals surface area contributed by atoms with E-state index >= 15 is 0 Å². The van der Waals surface area contributed by atoms with E-state index in [-0.39, 0.29) is 10.9 Å². The number of hydrogen-bond donors (Lipinski definition) is 2. The molecule has 1 rings (SSSR count). The largest absolute Gasteiger partial charge is 0.383 e. The molecule has 0 aromatic carbocycles. The van der Waals surface area contributed by atoms with Crippen molar-refractivity contribution in [3.63, 3.8) is 0 Å². The van der Waals surface area contributed by atoms with Crippen molar-refractivity contribution in [3.05, 3.63) is 11.4 Å². The molecule has 2 N–H and O–H groups in total. The minimum absolute atomic E-state index is 0.230. The molecule has 1 atom stereocenters. The Balaban J connectivity index is 3.23. The van der Waals surface area contributed by atoms with Crippen molar-refractivity contribution in [1.29, 1.82) is 0 Å². The fourth-order valence-corrected chi connectivity index (χ4v) is 4.22. The second-order valence-electron chi connectivity index (χ2n) is 4.67. The zero-order chi connectivity index (χ0) is 15.3. The Kier molecular flexibility index (Phi) is 6.12. The van der Waals surface area contributed by atoms with E-state index in [1.165, 1.54) is 4.31 Å². The zero-order valence-electron chi connectivity index (χ0n) is 12.7. The fourth-order valence-electron chi connectivity index (χ4n) is 2.26. The molecule has 0 saturated carbocycles. The molecule has 1 aromatic rings. The highest BCUT2D eigenvalue weighted by Crippen LogP contribution is 2.23. The SMILES string of the molecule is CCN(C(C)COC)S(=O)(=O)c1c(CNC)n[nH]c1C. The Bertz CT molecular complexity index is 527. The van der Waals surface area contributed by atoms with Gasteiger partial charge in [0, 0.05) is 26.2 Å². The number of methoxy groups -OCH3 is 1. The Hall–Kier alpha value is -0.960. The van der Waals surface area contributed by atoms with E-state index in [4.69, 9.17) is 4.74 Å². The van der Waals surface area contributed by atoms with Gasteiger partial charge in [-0.1, -0.05) is 6.92 Å². The van der Waals surface area contributed by atoms with Crippen molar-refractivity contribution in [3.8, 4) is 0 Å². The minimum Gasteiger partial charge on any atom is -0.383 e. The lowest BCUT2D eigenvalue weighted by molar-refractivity contribution is 0.142. The predicted molar refractivity (Wildman–Crippen MR) is 77.0 cm³/mol. The van der Waals surface area contributed by atoms with Crippen molar-refractivity contribution in [1.82, 2.24) is 19.8 Å². The highest BCUT2D eigenvalue weighted by molar-refractivity contribution is 7.89. The number of nitrogens with zero attached hydrogens (tertiary/aromatic N) is 2. The number of sulfonamides is 1. The maximum atomic E-state index is 12.8. The predicted octanol–water partition coefficient (Wildman–Crippen LogP) is 0.483. The van der Waals surface area contributed by atoms with Crippen molar-refractivity contribution in [2.75, 3.05) is 27.3 Å². The third kappa shape index (κ3) is 3.38. The van der Waals surface area contributed by atoms with Crippen LogP contribution < -0.4 is 5.32 Å². The van der Waals surface area contributed by atoms with Crippen LogP contribution in [0.1, 0.15) is 25.2 Å². The fraction of sp³-hybridized carbons (Fsp3) is 0.750. The van der Waals surface area contributed by atoms with Gasteiger partial charge >= 0.3 is 0 Å². The molecule has 116 valence electrons. The maximum absolute atomic E-state index is 12.8. The number of nitrogens with one attached hydrogen (secondary N) is 2. The van der Waals surface area contributed by atoms with Crippen LogP contribution in [0.5, 0.6) is 0 Å². The smallest absolute Gasteiger partial charge is 0.247 e. The van der Waals surface area contributed by atoms with Crippen LogP contribution in [0.15, 0.2) is 4.90 Å². The van der Waals surface area contributed by atoms with Crippen molar-refractivity contribution >= 4 is 10.0 Å². The summed E-state index contributed by atoms with van der Waals surface area (Å²) < 4.78 is 32.2. The van der Waals surface area contributed by atoms with E-state index in [9.17, 15) is 8.42 Å². The maximum Gasteiger partial charge on any atom is 0.247 e. The van der Waals surface area contributed by atoms with E-state index in [0.717, 1.165) is 0 Å². The Morgan fingerprint density at radius 2 is 2.15 bits per heavy atom. The summed E-state index contributed by atoms with van der Waals surface area (Å²) in [5, 5.41) is 9.75. The first kappa shape index (κ1) is 17.1. The molecule has 7 nitrogen and oxygen atoms in total. The van der Waals surface area contributed by atoms with E-state index in [0.29, 0.717) is 31.1 Å². The molecular weight excluding hydrogens is 280 g/mol. The van der Waals surface area contributed by atoms with Gasteiger partial charge in [-0.3, -0.25) is 5.10 Å². The monoisotopic (exact) mass is 304 g/mol. The molecule has 0 fully saturated rings. The molecule has 0 spiro atoms. The summed E-state index contributed by atoms with van der Waals surface area (Å²) in [6, 6.07) is -0.230. The first-order chi connectivity index (χ1) is 9.39. The molecule has 0 amide bonds. The summed E-state index contributed by atoms with van der Waals surface area (Å²) in [6.07, 6.45) is 0. The van der Waals surface area contributed by atoms with E-state index in [1.54, 1.807) is 21.1 Å². The van der Waals surface area contributed by atoms with E-state index in [2.05, 4.69) is 15.5 Å². The van der Waals surface area contributed by atoms with Gasteiger partial charge in [0.15, 0.2) is 0 Å². The molecule has 1 aromatic heterocycles.